The first kappa shape index (κ1) is 16.3. The summed E-state index contributed by atoms with van der Waals surface area (Å²) in [5.74, 6) is 0.924. The Labute approximate surface area is 127 Å². The van der Waals surface area contributed by atoms with E-state index in [1.54, 1.807) is 6.92 Å². The van der Waals surface area contributed by atoms with Crippen LogP contribution in [0.2, 0.25) is 0 Å². The highest BCUT2D eigenvalue weighted by atomic mass is 32.2. The maximum Gasteiger partial charge on any atom is 0.151 e. The van der Waals surface area contributed by atoms with Gasteiger partial charge < -0.3 is 10.1 Å². The predicted octanol–water partition coefficient (Wildman–Crippen LogP) is 2.48. The number of sulfone groups is 1. The first-order valence-corrected chi connectivity index (χ1v) is 9.50. The van der Waals surface area contributed by atoms with Crippen LogP contribution in [0.25, 0.3) is 0 Å². The lowest BCUT2D eigenvalue weighted by Gasteiger charge is -2.25. The van der Waals surface area contributed by atoms with Crippen LogP contribution in [-0.2, 0) is 16.3 Å². The van der Waals surface area contributed by atoms with Gasteiger partial charge in [0.1, 0.15) is 11.9 Å². The summed E-state index contributed by atoms with van der Waals surface area (Å²) in [4.78, 5) is 0. The van der Waals surface area contributed by atoms with Gasteiger partial charge in [0.15, 0.2) is 9.84 Å². The quantitative estimate of drug-likeness (QED) is 0.877. The summed E-state index contributed by atoms with van der Waals surface area (Å²) in [5, 5.41) is 2.92. The van der Waals surface area contributed by atoms with Crippen LogP contribution in [0.3, 0.4) is 0 Å². The van der Waals surface area contributed by atoms with Crippen molar-refractivity contribution in [3.8, 4) is 5.75 Å². The zero-order valence-electron chi connectivity index (χ0n) is 13.2. The molecule has 0 amide bonds. The molecule has 0 aromatic heterocycles. The molecule has 0 saturated carbocycles. The van der Waals surface area contributed by atoms with Gasteiger partial charge in [0.05, 0.1) is 5.25 Å². The summed E-state index contributed by atoms with van der Waals surface area (Å²) < 4.78 is 29.6. The van der Waals surface area contributed by atoms with Crippen LogP contribution < -0.4 is 10.1 Å². The molecular weight excluding hydrogens is 286 g/mol. The molecule has 2 rings (SSSR count). The molecule has 0 bridgehead atoms. The molecule has 0 radical (unpaired) electrons. The van der Waals surface area contributed by atoms with E-state index in [4.69, 9.17) is 4.74 Å². The third-order valence-corrected chi connectivity index (χ3v) is 5.66. The van der Waals surface area contributed by atoms with Gasteiger partial charge in [0.25, 0.3) is 0 Å². The molecule has 1 N–H and O–H groups in total. The van der Waals surface area contributed by atoms with E-state index in [0.29, 0.717) is 0 Å². The number of ether oxygens (including phenoxy) is 1. The average Bonchev–Trinajstić information content (AvgIpc) is 2.77. The molecule has 21 heavy (non-hydrogen) atoms. The Hall–Kier alpha value is -1.07. The fourth-order valence-corrected chi connectivity index (χ4v) is 3.49. The van der Waals surface area contributed by atoms with Crippen molar-refractivity contribution in [2.24, 2.45) is 0 Å². The van der Waals surface area contributed by atoms with Gasteiger partial charge in [-0.25, -0.2) is 8.42 Å². The van der Waals surface area contributed by atoms with Gasteiger partial charge in [-0.3, -0.25) is 0 Å². The smallest absolute Gasteiger partial charge is 0.151 e. The van der Waals surface area contributed by atoms with E-state index in [9.17, 15) is 8.42 Å². The first-order valence-electron chi connectivity index (χ1n) is 7.54. The molecule has 1 aliphatic heterocycles. The predicted molar refractivity (Wildman–Crippen MR) is 85.6 cm³/mol. The molecule has 0 fully saturated rings. The number of benzene rings is 1. The monoisotopic (exact) mass is 311 g/mol. The van der Waals surface area contributed by atoms with Crippen molar-refractivity contribution < 1.29 is 13.2 Å². The van der Waals surface area contributed by atoms with Crippen molar-refractivity contribution in [2.75, 3.05) is 12.8 Å². The Bertz CT molecular complexity index is 598. The van der Waals surface area contributed by atoms with Crippen LogP contribution in [-0.4, -0.2) is 32.6 Å². The molecule has 1 aromatic rings. The minimum Gasteiger partial charge on any atom is -0.490 e. The number of rotatable bonds is 6. The Morgan fingerprint density at radius 2 is 2.14 bits per heavy atom. The second-order valence-corrected chi connectivity index (χ2v) is 8.37. The molecular formula is C16H25NO3S. The van der Waals surface area contributed by atoms with E-state index in [2.05, 4.69) is 18.3 Å². The van der Waals surface area contributed by atoms with E-state index >= 15 is 0 Å². The number of hydrogen-bond donors (Lipinski definition) is 1. The van der Waals surface area contributed by atoms with Gasteiger partial charge in [-0.05, 0) is 44.0 Å². The molecule has 0 spiro atoms. The fraction of sp³-hybridized carbons (Fsp3) is 0.625. The topological polar surface area (TPSA) is 55.4 Å². The van der Waals surface area contributed by atoms with Gasteiger partial charge in [0.2, 0.25) is 0 Å². The second-order valence-electron chi connectivity index (χ2n) is 5.97. The minimum atomic E-state index is -3.10. The van der Waals surface area contributed by atoms with Crippen LogP contribution in [0.15, 0.2) is 18.2 Å². The molecule has 4 nitrogen and oxygen atoms in total. The minimum absolute atomic E-state index is 0.179. The van der Waals surface area contributed by atoms with E-state index in [0.717, 1.165) is 30.7 Å². The summed E-state index contributed by atoms with van der Waals surface area (Å²) in [5.41, 5.74) is 2.20. The van der Waals surface area contributed by atoms with E-state index in [1.807, 2.05) is 19.1 Å². The largest absolute Gasteiger partial charge is 0.490 e. The lowest BCUT2D eigenvalue weighted by Crippen LogP contribution is -2.35. The highest BCUT2D eigenvalue weighted by Crippen LogP contribution is 2.32. The van der Waals surface area contributed by atoms with Gasteiger partial charge in [0, 0.05) is 18.7 Å². The molecule has 5 heteroatoms. The third-order valence-electron chi connectivity index (χ3n) is 4.04. The molecule has 0 aliphatic carbocycles. The average molecular weight is 311 g/mol. The van der Waals surface area contributed by atoms with Crippen LogP contribution in [0.5, 0.6) is 5.75 Å². The molecule has 3 atom stereocenters. The molecule has 0 saturated heterocycles. The fourth-order valence-electron chi connectivity index (χ4n) is 2.74. The van der Waals surface area contributed by atoms with Crippen molar-refractivity contribution >= 4 is 9.84 Å². The number of hydrogen-bond acceptors (Lipinski definition) is 4. The van der Waals surface area contributed by atoms with Crippen LogP contribution in [0.1, 0.15) is 44.4 Å². The maximum atomic E-state index is 11.9. The van der Waals surface area contributed by atoms with Crippen LogP contribution >= 0.6 is 0 Å². The van der Waals surface area contributed by atoms with E-state index < -0.39 is 15.1 Å². The summed E-state index contributed by atoms with van der Waals surface area (Å²) in [6, 6.07) is 5.85. The zero-order chi connectivity index (χ0) is 15.6. The van der Waals surface area contributed by atoms with Crippen LogP contribution in [0, 0.1) is 0 Å². The van der Waals surface area contributed by atoms with Gasteiger partial charge >= 0.3 is 0 Å². The van der Waals surface area contributed by atoms with Crippen molar-refractivity contribution in [1.82, 2.24) is 5.32 Å². The molecule has 118 valence electrons. The highest BCUT2D eigenvalue weighted by molar-refractivity contribution is 7.91. The Kier molecular flexibility index (Phi) is 4.94. The summed E-state index contributed by atoms with van der Waals surface area (Å²) in [6.45, 7) is 6.70. The van der Waals surface area contributed by atoms with Gasteiger partial charge in [-0.15, -0.1) is 0 Å². The lowest BCUT2D eigenvalue weighted by atomic mass is 9.99. The van der Waals surface area contributed by atoms with Gasteiger partial charge in [-0.2, -0.15) is 0 Å². The second kappa shape index (κ2) is 6.36. The van der Waals surface area contributed by atoms with Crippen LogP contribution in [0.4, 0.5) is 0 Å². The molecule has 1 aromatic carbocycles. The highest BCUT2D eigenvalue weighted by Gasteiger charge is 2.28. The Morgan fingerprint density at radius 1 is 1.43 bits per heavy atom. The van der Waals surface area contributed by atoms with Crippen molar-refractivity contribution in [1.29, 1.82) is 0 Å². The molecule has 1 heterocycles. The van der Waals surface area contributed by atoms with Crippen molar-refractivity contribution in [2.45, 2.75) is 51.0 Å². The molecule has 3 unspecified atom stereocenters. The van der Waals surface area contributed by atoms with E-state index in [1.165, 1.54) is 11.8 Å². The maximum absolute atomic E-state index is 11.9. The normalized spacial score (nSPS) is 20.7. The Balaban J connectivity index is 2.31. The van der Waals surface area contributed by atoms with Crippen molar-refractivity contribution in [3.05, 3.63) is 29.3 Å². The number of nitrogens with one attached hydrogen (secondary N) is 1. The summed E-state index contributed by atoms with van der Waals surface area (Å²) >= 11 is 0. The summed E-state index contributed by atoms with van der Waals surface area (Å²) in [7, 11) is -3.10. The van der Waals surface area contributed by atoms with E-state index in [-0.39, 0.29) is 12.1 Å². The van der Waals surface area contributed by atoms with Crippen molar-refractivity contribution in [3.63, 3.8) is 0 Å². The SMILES string of the molecule is CCCNC(c1ccc2c(c1)CC(C)O2)C(C)S(C)(=O)=O. The number of fused-ring (bicyclic) bond motifs is 1. The molecule has 1 aliphatic rings. The Morgan fingerprint density at radius 3 is 2.76 bits per heavy atom. The van der Waals surface area contributed by atoms with Gasteiger partial charge in [-0.1, -0.05) is 19.1 Å². The summed E-state index contributed by atoms with van der Waals surface area (Å²) in [6.07, 6.45) is 3.36. The lowest BCUT2D eigenvalue weighted by molar-refractivity contribution is 0.254. The third kappa shape index (κ3) is 3.77. The standard InChI is InChI=1S/C16H25NO3S/c1-5-8-17-16(12(3)21(4,18)19)13-6-7-15-14(10-13)9-11(2)20-15/h6-7,10-12,16-17H,5,8-9H2,1-4H3. The first-order chi connectivity index (χ1) is 9.82. The zero-order valence-corrected chi connectivity index (χ0v) is 14.0.